The number of amides is 2. The molecule has 33 heavy (non-hydrogen) atoms. The van der Waals surface area contributed by atoms with Crippen LogP contribution in [-0.4, -0.2) is 50.5 Å². The zero-order valence-corrected chi connectivity index (χ0v) is 21.3. The molecular weight excluding hydrogens is 485 g/mol. The molecule has 0 aromatic heterocycles. The number of anilines is 1. The average molecular weight is 514 g/mol. The Hall–Kier alpha value is -2.29. The second-order valence-corrected chi connectivity index (χ2v) is 10.4. The molecule has 0 radical (unpaired) electrons. The molecule has 1 N–H and O–H groups in total. The Morgan fingerprint density at radius 2 is 1.73 bits per heavy atom. The summed E-state index contributed by atoms with van der Waals surface area (Å²) in [7, 11) is -3.88. The zero-order valence-electron chi connectivity index (χ0n) is 18.9. The SMILES string of the molecule is CCCCNC(=O)[C@@H](C)N(Cc1ccccc1)C(=O)CN(c1cccc(Cl)c1Cl)S(C)(=O)=O. The van der Waals surface area contributed by atoms with Gasteiger partial charge in [-0.1, -0.05) is 72.9 Å². The average Bonchev–Trinajstić information content (AvgIpc) is 2.77. The molecule has 2 amide bonds. The molecule has 0 unspecified atom stereocenters. The third-order valence-corrected chi connectivity index (χ3v) is 7.01. The first-order chi connectivity index (χ1) is 15.6. The highest BCUT2D eigenvalue weighted by molar-refractivity contribution is 7.92. The van der Waals surface area contributed by atoms with Crippen molar-refractivity contribution in [2.75, 3.05) is 23.7 Å². The van der Waals surface area contributed by atoms with Crippen LogP contribution in [0.3, 0.4) is 0 Å². The maximum absolute atomic E-state index is 13.4. The van der Waals surface area contributed by atoms with Crippen LogP contribution in [0.2, 0.25) is 10.0 Å². The molecule has 0 aliphatic heterocycles. The number of sulfonamides is 1. The van der Waals surface area contributed by atoms with Crippen molar-refractivity contribution in [1.29, 1.82) is 0 Å². The first-order valence-electron chi connectivity index (χ1n) is 10.6. The number of carbonyl (C=O) groups excluding carboxylic acids is 2. The van der Waals surface area contributed by atoms with Gasteiger partial charge in [0.2, 0.25) is 21.8 Å². The summed E-state index contributed by atoms with van der Waals surface area (Å²) in [6.07, 6.45) is 2.73. The van der Waals surface area contributed by atoms with Gasteiger partial charge in [-0.3, -0.25) is 13.9 Å². The second-order valence-electron chi connectivity index (χ2n) is 7.67. The number of hydrogen-bond acceptors (Lipinski definition) is 4. The highest BCUT2D eigenvalue weighted by Gasteiger charge is 2.31. The van der Waals surface area contributed by atoms with E-state index in [0.717, 1.165) is 29.0 Å². The Labute approximate surface area is 205 Å². The van der Waals surface area contributed by atoms with Gasteiger partial charge in [-0.05, 0) is 31.0 Å². The molecule has 0 fully saturated rings. The number of halogens is 2. The Morgan fingerprint density at radius 3 is 2.33 bits per heavy atom. The van der Waals surface area contributed by atoms with Crippen LogP contribution in [0, 0.1) is 0 Å². The van der Waals surface area contributed by atoms with Gasteiger partial charge in [0.25, 0.3) is 0 Å². The van der Waals surface area contributed by atoms with Crippen LogP contribution in [0.1, 0.15) is 32.3 Å². The first kappa shape index (κ1) is 27.0. The molecule has 0 heterocycles. The van der Waals surface area contributed by atoms with Crippen molar-refractivity contribution in [2.24, 2.45) is 0 Å². The lowest BCUT2D eigenvalue weighted by molar-refractivity contribution is -0.139. The van der Waals surface area contributed by atoms with E-state index in [9.17, 15) is 18.0 Å². The molecule has 2 aromatic rings. The molecule has 2 aromatic carbocycles. The van der Waals surface area contributed by atoms with E-state index in [-0.39, 0.29) is 28.2 Å². The molecule has 0 aliphatic rings. The van der Waals surface area contributed by atoms with Crippen molar-refractivity contribution >= 4 is 50.7 Å². The van der Waals surface area contributed by atoms with Crippen molar-refractivity contribution < 1.29 is 18.0 Å². The number of nitrogens with one attached hydrogen (secondary N) is 1. The number of nitrogens with zero attached hydrogens (tertiary/aromatic N) is 2. The lowest BCUT2D eigenvalue weighted by Gasteiger charge is -2.31. The van der Waals surface area contributed by atoms with Gasteiger partial charge in [0, 0.05) is 13.1 Å². The Morgan fingerprint density at radius 1 is 1.06 bits per heavy atom. The Balaban J connectivity index is 2.36. The van der Waals surface area contributed by atoms with E-state index >= 15 is 0 Å². The standard InChI is InChI=1S/C23H29Cl2N3O4S/c1-4-5-14-26-23(30)17(2)27(15-18-10-7-6-8-11-18)21(29)16-28(33(3,31)32)20-13-9-12-19(24)22(20)25/h6-13,17H,4-5,14-16H2,1-3H3,(H,26,30)/t17-/m1/s1. The van der Waals surface area contributed by atoms with Gasteiger partial charge in [0.15, 0.2) is 0 Å². The van der Waals surface area contributed by atoms with Gasteiger partial charge in [0.05, 0.1) is 22.0 Å². The maximum Gasteiger partial charge on any atom is 0.244 e. The van der Waals surface area contributed by atoms with E-state index < -0.39 is 28.5 Å². The topological polar surface area (TPSA) is 86.8 Å². The van der Waals surface area contributed by atoms with Crippen LogP contribution in [0.15, 0.2) is 48.5 Å². The van der Waals surface area contributed by atoms with Crippen molar-refractivity contribution in [3.8, 4) is 0 Å². The summed E-state index contributed by atoms with van der Waals surface area (Å²) in [4.78, 5) is 27.5. The molecule has 0 saturated heterocycles. The molecule has 0 spiro atoms. The summed E-state index contributed by atoms with van der Waals surface area (Å²) in [6, 6.07) is 12.9. The third-order valence-electron chi connectivity index (χ3n) is 5.07. The molecule has 0 bridgehead atoms. The molecule has 7 nitrogen and oxygen atoms in total. The van der Waals surface area contributed by atoms with E-state index in [4.69, 9.17) is 23.2 Å². The molecule has 2 rings (SSSR count). The summed E-state index contributed by atoms with van der Waals surface area (Å²) in [5, 5.41) is 3.03. The number of unbranched alkanes of at least 4 members (excludes halogenated alkanes) is 1. The fourth-order valence-electron chi connectivity index (χ4n) is 3.18. The molecule has 0 aliphatic carbocycles. The van der Waals surface area contributed by atoms with Gasteiger partial charge in [-0.15, -0.1) is 0 Å². The zero-order chi connectivity index (χ0) is 24.6. The van der Waals surface area contributed by atoms with Gasteiger partial charge >= 0.3 is 0 Å². The number of rotatable bonds is 11. The lowest BCUT2D eigenvalue weighted by Crippen LogP contribution is -2.51. The van der Waals surface area contributed by atoms with E-state index in [1.165, 1.54) is 17.0 Å². The monoisotopic (exact) mass is 513 g/mol. The maximum atomic E-state index is 13.4. The molecule has 0 saturated carbocycles. The van der Waals surface area contributed by atoms with E-state index in [0.29, 0.717) is 6.54 Å². The number of benzene rings is 2. The van der Waals surface area contributed by atoms with E-state index in [2.05, 4.69) is 5.32 Å². The largest absolute Gasteiger partial charge is 0.354 e. The predicted octanol–water partition coefficient (Wildman–Crippen LogP) is 4.09. The van der Waals surface area contributed by atoms with Crippen LogP contribution < -0.4 is 9.62 Å². The normalized spacial score (nSPS) is 12.2. The van der Waals surface area contributed by atoms with Gasteiger partial charge in [-0.2, -0.15) is 0 Å². The van der Waals surface area contributed by atoms with Gasteiger partial charge < -0.3 is 10.2 Å². The van der Waals surface area contributed by atoms with Crippen LogP contribution >= 0.6 is 23.2 Å². The highest BCUT2D eigenvalue weighted by Crippen LogP contribution is 2.33. The molecule has 1 atom stereocenters. The van der Waals surface area contributed by atoms with Gasteiger partial charge in [0.1, 0.15) is 12.6 Å². The minimum atomic E-state index is -3.88. The lowest BCUT2D eigenvalue weighted by atomic mass is 10.1. The summed E-state index contributed by atoms with van der Waals surface area (Å²) < 4.78 is 26.0. The predicted molar refractivity (Wildman–Crippen MR) is 133 cm³/mol. The van der Waals surface area contributed by atoms with Crippen molar-refractivity contribution in [3.05, 3.63) is 64.1 Å². The summed E-state index contributed by atoms with van der Waals surface area (Å²) in [6.45, 7) is 3.75. The Bertz CT molecular complexity index is 1060. The quantitative estimate of drug-likeness (QED) is 0.458. The fourth-order valence-corrected chi connectivity index (χ4v) is 4.48. The molecule has 10 heteroatoms. The van der Waals surface area contributed by atoms with E-state index in [1.807, 2.05) is 37.3 Å². The third kappa shape index (κ3) is 7.62. The van der Waals surface area contributed by atoms with Crippen LogP contribution in [0.4, 0.5) is 5.69 Å². The van der Waals surface area contributed by atoms with Crippen LogP contribution in [-0.2, 0) is 26.2 Å². The van der Waals surface area contributed by atoms with Crippen molar-refractivity contribution in [3.63, 3.8) is 0 Å². The van der Waals surface area contributed by atoms with Crippen molar-refractivity contribution in [2.45, 2.75) is 39.3 Å². The Kier molecular flexibility index (Phi) is 10.0. The highest BCUT2D eigenvalue weighted by atomic mass is 35.5. The minimum Gasteiger partial charge on any atom is -0.354 e. The summed E-state index contributed by atoms with van der Waals surface area (Å²) in [5.74, 6) is -0.849. The smallest absolute Gasteiger partial charge is 0.244 e. The number of carbonyl (C=O) groups is 2. The first-order valence-corrected chi connectivity index (χ1v) is 13.2. The summed E-state index contributed by atoms with van der Waals surface area (Å²) in [5.41, 5.74) is 0.908. The summed E-state index contributed by atoms with van der Waals surface area (Å²) >= 11 is 12.3. The minimum absolute atomic E-state index is 0.0253. The van der Waals surface area contributed by atoms with Crippen LogP contribution in [0.25, 0.3) is 0 Å². The van der Waals surface area contributed by atoms with Gasteiger partial charge in [-0.25, -0.2) is 8.42 Å². The van der Waals surface area contributed by atoms with E-state index in [1.54, 1.807) is 13.0 Å². The van der Waals surface area contributed by atoms with Crippen molar-refractivity contribution in [1.82, 2.24) is 10.2 Å². The molecule has 180 valence electrons. The second kappa shape index (κ2) is 12.3. The van der Waals surface area contributed by atoms with Crippen LogP contribution in [0.5, 0.6) is 0 Å². The molecular formula is C23H29Cl2N3O4S. The number of hydrogen-bond donors (Lipinski definition) is 1. The fraction of sp³-hybridized carbons (Fsp3) is 0.391.